The van der Waals surface area contributed by atoms with Crippen molar-refractivity contribution in [2.45, 2.75) is 25.7 Å². The van der Waals surface area contributed by atoms with Crippen LogP contribution in [0.4, 0.5) is 17.1 Å². The molecule has 1 aliphatic carbocycles. The molecule has 1 fully saturated rings. The molecule has 1 saturated carbocycles. The van der Waals surface area contributed by atoms with E-state index in [1.54, 1.807) is 24.3 Å². The number of amides is 1. The minimum Gasteiger partial charge on any atom is -0.550 e. The molecule has 1 N–H and O–H groups in total. The summed E-state index contributed by atoms with van der Waals surface area (Å²) in [6, 6.07) is 16.4. The molecule has 0 radical (unpaired) electrons. The summed E-state index contributed by atoms with van der Waals surface area (Å²) >= 11 is 0. The molecule has 134 valence electrons. The molecule has 0 heterocycles. The summed E-state index contributed by atoms with van der Waals surface area (Å²) in [5, 5.41) is 22.3. The number of carbonyl (C=O) groups excluding carboxylic acids is 2. The fourth-order valence-corrected chi connectivity index (χ4v) is 3.18. The van der Waals surface area contributed by atoms with Gasteiger partial charge in [0.25, 0.3) is 0 Å². The van der Waals surface area contributed by atoms with Crippen molar-refractivity contribution >= 4 is 28.9 Å². The quantitative estimate of drug-likeness (QED) is 0.835. The maximum absolute atomic E-state index is 12.4. The van der Waals surface area contributed by atoms with E-state index in [1.807, 2.05) is 30.3 Å². The minimum atomic E-state index is -1.14. The highest BCUT2D eigenvalue weighted by Crippen LogP contribution is 2.31. The van der Waals surface area contributed by atoms with Crippen LogP contribution < -0.4 is 10.4 Å². The second kappa shape index (κ2) is 8.38. The van der Waals surface area contributed by atoms with E-state index in [9.17, 15) is 14.7 Å². The lowest BCUT2D eigenvalue weighted by Crippen LogP contribution is -2.42. The number of nitrogens with zero attached hydrogens (tertiary/aromatic N) is 2. The summed E-state index contributed by atoms with van der Waals surface area (Å²) in [4.78, 5) is 23.7. The SMILES string of the molecule is O=C([O-])[C@H]1CCCC[C@H]1C(=O)Nc1ccc(N=Nc2ccccc2)cc1. The van der Waals surface area contributed by atoms with Crippen LogP contribution in [0.5, 0.6) is 0 Å². The first-order chi connectivity index (χ1) is 12.6. The summed E-state index contributed by atoms with van der Waals surface area (Å²) in [7, 11) is 0. The molecule has 1 amide bonds. The van der Waals surface area contributed by atoms with Crippen LogP contribution >= 0.6 is 0 Å². The largest absolute Gasteiger partial charge is 0.550 e. The van der Waals surface area contributed by atoms with Gasteiger partial charge >= 0.3 is 0 Å². The van der Waals surface area contributed by atoms with E-state index < -0.39 is 17.8 Å². The van der Waals surface area contributed by atoms with Crippen molar-refractivity contribution in [1.29, 1.82) is 0 Å². The lowest BCUT2D eigenvalue weighted by Gasteiger charge is -2.31. The Morgan fingerprint density at radius 2 is 1.42 bits per heavy atom. The van der Waals surface area contributed by atoms with E-state index in [2.05, 4.69) is 15.5 Å². The van der Waals surface area contributed by atoms with Crippen LogP contribution in [0.3, 0.4) is 0 Å². The van der Waals surface area contributed by atoms with Gasteiger partial charge in [0.2, 0.25) is 5.91 Å². The first-order valence-electron chi connectivity index (χ1n) is 8.72. The fourth-order valence-electron chi connectivity index (χ4n) is 3.18. The summed E-state index contributed by atoms with van der Waals surface area (Å²) in [6.07, 6.45) is 2.76. The van der Waals surface area contributed by atoms with Gasteiger partial charge in [-0.1, -0.05) is 31.0 Å². The lowest BCUT2D eigenvalue weighted by atomic mass is 9.78. The highest BCUT2D eigenvalue weighted by molar-refractivity contribution is 5.95. The molecule has 0 bridgehead atoms. The van der Waals surface area contributed by atoms with Gasteiger partial charge in [0.05, 0.1) is 11.4 Å². The molecular formula is C20H20N3O3-. The standard InChI is InChI=1S/C20H21N3O3/c24-19(17-8-4-5-9-18(17)20(25)26)21-14-10-12-16(13-11-14)23-22-15-6-2-1-3-7-15/h1-3,6-7,10-13,17-18H,4-5,8-9H2,(H,21,24)(H,25,26)/p-1/t17-,18+/m1/s1. The Balaban J connectivity index is 1.62. The highest BCUT2D eigenvalue weighted by atomic mass is 16.4. The zero-order valence-corrected chi connectivity index (χ0v) is 14.3. The molecule has 3 rings (SSSR count). The molecule has 0 saturated heterocycles. The van der Waals surface area contributed by atoms with Gasteiger partial charge in [-0.05, 0) is 49.2 Å². The first kappa shape index (κ1) is 17.8. The fraction of sp³-hybridized carbons (Fsp3) is 0.300. The Kier molecular flexibility index (Phi) is 5.73. The number of azo groups is 1. The van der Waals surface area contributed by atoms with Crippen molar-refractivity contribution in [3.8, 4) is 0 Å². The number of benzene rings is 2. The van der Waals surface area contributed by atoms with Crippen molar-refractivity contribution in [2.24, 2.45) is 22.1 Å². The molecule has 0 aromatic heterocycles. The molecule has 6 nitrogen and oxygen atoms in total. The van der Waals surface area contributed by atoms with E-state index in [0.717, 1.165) is 18.5 Å². The van der Waals surface area contributed by atoms with Crippen LogP contribution in [0.15, 0.2) is 64.8 Å². The van der Waals surface area contributed by atoms with Gasteiger partial charge < -0.3 is 15.2 Å². The highest BCUT2D eigenvalue weighted by Gasteiger charge is 2.31. The maximum atomic E-state index is 12.4. The Labute approximate surface area is 152 Å². The van der Waals surface area contributed by atoms with Crippen molar-refractivity contribution in [2.75, 3.05) is 5.32 Å². The molecule has 2 aromatic rings. The molecule has 2 aromatic carbocycles. The zero-order chi connectivity index (χ0) is 18.4. The Morgan fingerprint density at radius 3 is 2.04 bits per heavy atom. The first-order valence-corrected chi connectivity index (χ1v) is 8.72. The number of carbonyl (C=O) groups is 2. The third kappa shape index (κ3) is 4.53. The van der Waals surface area contributed by atoms with Gasteiger partial charge in [-0.15, -0.1) is 0 Å². The second-order valence-corrected chi connectivity index (χ2v) is 6.39. The predicted molar refractivity (Wildman–Crippen MR) is 96.1 cm³/mol. The normalized spacial score (nSPS) is 20.0. The molecule has 0 unspecified atom stereocenters. The molecule has 1 aliphatic rings. The van der Waals surface area contributed by atoms with E-state index in [1.165, 1.54) is 0 Å². The number of hydrogen-bond donors (Lipinski definition) is 1. The summed E-state index contributed by atoms with van der Waals surface area (Å²) in [5.41, 5.74) is 2.03. The van der Waals surface area contributed by atoms with E-state index in [4.69, 9.17) is 0 Å². The summed E-state index contributed by atoms with van der Waals surface area (Å²) in [6.45, 7) is 0. The topological polar surface area (TPSA) is 93.9 Å². The minimum absolute atomic E-state index is 0.266. The van der Waals surface area contributed by atoms with Crippen LogP contribution in [0, 0.1) is 11.8 Å². The van der Waals surface area contributed by atoms with Crippen LogP contribution in [0.25, 0.3) is 0 Å². The zero-order valence-electron chi connectivity index (χ0n) is 14.3. The van der Waals surface area contributed by atoms with Gasteiger partial charge in [-0.2, -0.15) is 10.2 Å². The van der Waals surface area contributed by atoms with E-state index in [-0.39, 0.29) is 5.91 Å². The average Bonchev–Trinajstić information content (AvgIpc) is 2.68. The number of aliphatic carboxylic acids is 1. The van der Waals surface area contributed by atoms with Gasteiger partial charge in [-0.25, -0.2) is 0 Å². The number of carboxylic acid groups (broad SMARTS) is 1. The van der Waals surface area contributed by atoms with E-state index in [0.29, 0.717) is 24.2 Å². The van der Waals surface area contributed by atoms with Crippen LogP contribution in [0.2, 0.25) is 0 Å². The Bertz CT molecular complexity index is 788. The number of hydrogen-bond acceptors (Lipinski definition) is 5. The third-order valence-electron chi connectivity index (χ3n) is 4.58. The summed E-state index contributed by atoms with van der Waals surface area (Å²) in [5.74, 6) is -2.65. The predicted octanol–water partition coefficient (Wildman–Crippen LogP) is 3.60. The Morgan fingerprint density at radius 1 is 0.846 bits per heavy atom. The van der Waals surface area contributed by atoms with Crippen LogP contribution in [-0.4, -0.2) is 11.9 Å². The van der Waals surface area contributed by atoms with Crippen molar-refractivity contribution in [1.82, 2.24) is 0 Å². The average molecular weight is 350 g/mol. The monoisotopic (exact) mass is 350 g/mol. The molecule has 6 heteroatoms. The number of rotatable bonds is 5. The van der Waals surface area contributed by atoms with Crippen molar-refractivity contribution in [3.05, 3.63) is 54.6 Å². The molecule has 0 aliphatic heterocycles. The van der Waals surface area contributed by atoms with Gasteiger partial charge in [0.1, 0.15) is 0 Å². The van der Waals surface area contributed by atoms with E-state index >= 15 is 0 Å². The summed E-state index contributed by atoms with van der Waals surface area (Å²) < 4.78 is 0. The molecule has 2 atom stereocenters. The van der Waals surface area contributed by atoms with Crippen molar-refractivity contribution < 1.29 is 14.7 Å². The lowest BCUT2D eigenvalue weighted by molar-refractivity contribution is -0.313. The second-order valence-electron chi connectivity index (χ2n) is 6.39. The van der Waals surface area contributed by atoms with Crippen LogP contribution in [0.1, 0.15) is 25.7 Å². The van der Waals surface area contributed by atoms with Crippen LogP contribution in [-0.2, 0) is 9.59 Å². The number of anilines is 1. The molecule has 26 heavy (non-hydrogen) atoms. The van der Waals surface area contributed by atoms with Gasteiger partial charge in [-0.3, -0.25) is 4.79 Å². The number of carboxylic acids is 1. The molecule has 0 spiro atoms. The number of nitrogens with one attached hydrogen (secondary N) is 1. The molecular weight excluding hydrogens is 330 g/mol. The van der Waals surface area contributed by atoms with Gasteiger partial charge in [0, 0.05) is 23.5 Å². The smallest absolute Gasteiger partial charge is 0.228 e. The maximum Gasteiger partial charge on any atom is 0.228 e. The Hall–Kier alpha value is -3.02. The third-order valence-corrected chi connectivity index (χ3v) is 4.58. The van der Waals surface area contributed by atoms with Crippen molar-refractivity contribution in [3.63, 3.8) is 0 Å². The van der Waals surface area contributed by atoms with Gasteiger partial charge in [0.15, 0.2) is 0 Å².